The smallest absolute Gasteiger partial charge is 0.0117 e. The molecule has 0 aliphatic heterocycles. The van der Waals surface area contributed by atoms with Crippen LogP contribution in [0.4, 0.5) is 0 Å². The molecule has 0 aromatic heterocycles. The lowest BCUT2D eigenvalue weighted by Gasteiger charge is -2.32. The van der Waals surface area contributed by atoms with Crippen molar-refractivity contribution in [1.29, 1.82) is 0 Å². The summed E-state index contributed by atoms with van der Waals surface area (Å²) < 4.78 is 0. The molecule has 0 heteroatoms. The van der Waals surface area contributed by atoms with E-state index in [0.29, 0.717) is 11.8 Å². The molecular weight excluding hydrogens is 745 g/mol. The van der Waals surface area contributed by atoms with Gasteiger partial charge in [-0.25, -0.2) is 0 Å². The van der Waals surface area contributed by atoms with Crippen LogP contribution in [0.1, 0.15) is 268 Å². The highest BCUT2D eigenvalue weighted by Gasteiger charge is 2.26. The van der Waals surface area contributed by atoms with E-state index in [-0.39, 0.29) is 0 Å². The van der Waals surface area contributed by atoms with Gasteiger partial charge in [-0.15, -0.1) is 59.2 Å². The van der Waals surface area contributed by atoms with Gasteiger partial charge in [0.15, 0.2) is 0 Å². The minimum absolute atomic E-state index is 0.665. The molecule has 0 amide bonds. The standard InChI is InChI=1S/C16H28.C13H22.C12H18.C8H16.C7H12.3C2H6/c1-13(2)9-5-6-10-14(3)16-12-8-7-11-15(16)4;1-4-5-8-11(2)13-10-7-6-9-12(13)3;1-5-7-9-11(3)12(4)10-8-6-2;1-7-5-3-4-6-8(7)2;1-4-5-6-7(2)3;3*1-2/h13-16H,7-12H2,1-4H3;11-13H,6-10H2,1-3H3;11-12H,9-10H2,1-4H3;7-8H,3-6H2,1-2H3;7H,6H2,1-3H3;3*1-2H3. The van der Waals surface area contributed by atoms with Crippen molar-refractivity contribution in [3.8, 4) is 59.2 Å². The number of hydrogen-bond donors (Lipinski definition) is 0. The topological polar surface area (TPSA) is 0 Å². The number of rotatable bonds is 9. The Morgan fingerprint density at radius 2 is 0.565 bits per heavy atom. The molecule has 10 unspecified atom stereocenters. The first-order valence-electron chi connectivity index (χ1n) is 26.7. The molecule has 0 aromatic carbocycles. The molecule has 0 saturated heterocycles. The molecule has 3 fully saturated rings. The Kier molecular flexibility index (Phi) is 57.1. The van der Waals surface area contributed by atoms with Gasteiger partial charge in [0.2, 0.25) is 0 Å². The Morgan fingerprint density at radius 3 is 0.839 bits per heavy atom. The fraction of sp³-hybridized carbons (Fsp3) is 0.839. The number of hydrogen-bond acceptors (Lipinski definition) is 0. The van der Waals surface area contributed by atoms with Crippen molar-refractivity contribution >= 4 is 0 Å². The van der Waals surface area contributed by atoms with E-state index in [1.807, 2.05) is 69.2 Å². The molecule has 3 rings (SSSR count). The molecule has 3 aliphatic rings. The first kappa shape index (κ1) is 68.8. The second kappa shape index (κ2) is 51.4. The minimum Gasteiger partial charge on any atom is -0.107 e. The summed E-state index contributed by atoms with van der Waals surface area (Å²) in [5.41, 5.74) is 0. The maximum absolute atomic E-state index is 3.38. The van der Waals surface area contributed by atoms with E-state index in [9.17, 15) is 0 Å². The second-order valence-corrected chi connectivity index (χ2v) is 19.1. The zero-order chi connectivity index (χ0) is 48.7. The van der Waals surface area contributed by atoms with E-state index in [1.54, 1.807) is 0 Å². The van der Waals surface area contributed by atoms with Crippen LogP contribution in [0.5, 0.6) is 0 Å². The maximum atomic E-state index is 3.38. The van der Waals surface area contributed by atoms with Gasteiger partial charge in [0.05, 0.1) is 0 Å². The molecule has 3 saturated carbocycles. The van der Waals surface area contributed by atoms with Gasteiger partial charge in [-0.05, 0) is 112 Å². The monoisotopic (exact) mass is 859 g/mol. The van der Waals surface area contributed by atoms with Crippen molar-refractivity contribution < 1.29 is 0 Å². The first-order chi connectivity index (χ1) is 29.7. The molecule has 0 nitrogen and oxygen atoms in total. The molecule has 0 bridgehead atoms. The summed E-state index contributed by atoms with van der Waals surface area (Å²) in [5.74, 6) is 41.0. The van der Waals surface area contributed by atoms with Crippen molar-refractivity contribution in [2.24, 2.45) is 71.0 Å². The summed E-state index contributed by atoms with van der Waals surface area (Å²) in [6, 6.07) is 0. The van der Waals surface area contributed by atoms with E-state index in [2.05, 4.69) is 142 Å². The van der Waals surface area contributed by atoms with E-state index in [0.717, 1.165) is 97.7 Å². The van der Waals surface area contributed by atoms with Crippen LogP contribution in [-0.4, -0.2) is 0 Å². The molecule has 10 atom stereocenters. The van der Waals surface area contributed by atoms with Gasteiger partial charge >= 0.3 is 0 Å². The van der Waals surface area contributed by atoms with Gasteiger partial charge in [0.25, 0.3) is 0 Å². The molecule has 0 heterocycles. The zero-order valence-electron chi connectivity index (χ0n) is 46.7. The van der Waals surface area contributed by atoms with Crippen LogP contribution in [0.2, 0.25) is 0 Å². The molecule has 0 N–H and O–H groups in total. The predicted octanol–water partition coefficient (Wildman–Crippen LogP) is 19.8. The van der Waals surface area contributed by atoms with Crippen molar-refractivity contribution in [2.75, 3.05) is 0 Å². The van der Waals surface area contributed by atoms with Crippen LogP contribution in [0.15, 0.2) is 0 Å². The third kappa shape index (κ3) is 43.1. The van der Waals surface area contributed by atoms with Crippen LogP contribution < -0.4 is 0 Å². The molecule has 362 valence electrons. The van der Waals surface area contributed by atoms with E-state index in [4.69, 9.17) is 0 Å². The average molecular weight is 860 g/mol. The predicted molar refractivity (Wildman–Crippen MR) is 289 cm³/mol. The largest absolute Gasteiger partial charge is 0.107 e. The van der Waals surface area contributed by atoms with Crippen molar-refractivity contribution in [3.63, 3.8) is 0 Å². The van der Waals surface area contributed by atoms with Gasteiger partial charge in [-0.2, -0.15) is 0 Å². The van der Waals surface area contributed by atoms with Crippen LogP contribution >= 0.6 is 0 Å². The summed E-state index contributed by atoms with van der Waals surface area (Å²) in [7, 11) is 0. The molecule has 62 heavy (non-hydrogen) atoms. The van der Waals surface area contributed by atoms with Gasteiger partial charge in [-0.3, -0.25) is 0 Å². The maximum Gasteiger partial charge on any atom is 0.0117 e. The van der Waals surface area contributed by atoms with Gasteiger partial charge in [0.1, 0.15) is 0 Å². The lowest BCUT2D eigenvalue weighted by atomic mass is 9.73. The Hall–Kier alpha value is -2.20. The lowest BCUT2D eigenvalue weighted by Crippen LogP contribution is -2.23. The first-order valence-corrected chi connectivity index (χ1v) is 26.7. The fourth-order valence-electron chi connectivity index (χ4n) is 8.19. The molecule has 0 radical (unpaired) electrons. The quantitative estimate of drug-likeness (QED) is 0.203. The van der Waals surface area contributed by atoms with E-state index >= 15 is 0 Å². The lowest BCUT2D eigenvalue weighted by molar-refractivity contribution is 0.187. The zero-order valence-corrected chi connectivity index (χ0v) is 46.7. The Morgan fingerprint density at radius 1 is 0.323 bits per heavy atom. The highest BCUT2D eigenvalue weighted by molar-refractivity contribution is 5.02. The SMILES string of the molecule is CC.CC.CC.CC#CCC(C)C.CC#CCC(C)C(C)CC#CC.CC#CCC(C)C1CCCCC1C.CC(C)CC#CCC(C)C1CCCCC1C.CC1CCCCC1C. The fourth-order valence-corrected chi connectivity index (χ4v) is 8.19. The summed E-state index contributed by atoms with van der Waals surface area (Å²) in [4.78, 5) is 0. The van der Waals surface area contributed by atoms with Gasteiger partial charge < -0.3 is 0 Å². The van der Waals surface area contributed by atoms with E-state index in [1.165, 1.54) is 77.0 Å². The Bertz CT molecular complexity index is 1200. The van der Waals surface area contributed by atoms with Gasteiger partial charge in [0, 0.05) is 38.5 Å². The van der Waals surface area contributed by atoms with Crippen molar-refractivity contribution in [1.82, 2.24) is 0 Å². The molecule has 3 aliphatic carbocycles. The minimum atomic E-state index is 0.665. The highest BCUT2D eigenvalue weighted by Crippen LogP contribution is 2.37. The van der Waals surface area contributed by atoms with Gasteiger partial charge in [-0.1, -0.05) is 189 Å². The summed E-state index contributed by atoms with van der Waals surface area (Å²) in [6.07, 6.45) is 23.8. The van der Waals surface area contributed by atoms with Crippen molar-refractivity contribution in [2.45, 2.75) is 268 Å². The summed E-state index contributed by atoms with van der Waals surface area (Å²) in [6.45, 7) is 47.3. The third-order valence-electron chi connectivity index (χ3n) is 12.9. The molecular formula is C62H114. The van der Waals surface area contributed by atoms with Crippen LogP contribution in [0.25, 0.3) is 0 Å². The molecule has 0 spiro atoms. The Balaban J connectivity index is -0.000000217. The highest BCUT2D eigenvalue weighted by atomic mass is 14.3. The summed E-state index contributed by atoms with van der Waals surface area (Å²) in [5, 5.41) is 0. The normalized spacial score (nSPS) is 22.3. The molecule has 0 aromatic rings. The third-order valence-corrected chi connectivity index (χ3v) is 12.9. The Labute approximate surface area is 396 Å². The second-order valence-electron chi connectivity index (χ2n) is 19.1. The van der Waals surface area contributed by atoms with Crippen molar-refractivity contribution in [3.05, 3.63) is 0 Å². The van der Waals surface area contributed by atoms with Crippen LogP contribution in [0, 0.1) is 130 Å². The summed E-state index contributed by atoms with van der Waals surface area (Å²) >= 11 is 0. The van der Waals surface area contributed by atoms with E-state index < -0.39 is 0 Å². The van der Waals surface area contributed by atoms with Crippen LogP contribution in [0.3, 0.4) is 0 Å². The average Bonchev–Trinajstić information content (AvgIpc) is 3.28. The van der Waals surface area contributed by atoms with Crippen LogP contribution in [-0.2, 0) is 0 Å².